The van der Waals surface area contributed by atoms with Gasteiger partial charge in [0.2, 0.25) is 11.8 Å². The second-order valence-electron chi connectivity index (χ2n) is 5.21. The van der Waals surface area contributed by atoms with Gasteiger partial charge in [-0.2, -0.15) is 0 Å². The van der Waals surface area contributed by atoms with Gasteiger partial charge < -0.3 is 21.1 Å². The molecule has 2 amide bonds. The molecule has 0 aliphatic rings. The van der Waals surface area contributed by atoms with E-state index in [1.54, 1.807) is 7.11 Å². The van der Waals surface area contributed by atoms with Crippen LogP contribution in [-0.2, 0) is 14.3 Å². The van der Waals surface area contributed by atoms with Crippen molar-refractivity contribution in [1.82, 2.24) is 10.6 Å². The summed E-state index contributed by atoms with van der Waals surface area (Å²) in [5.74, 6) is 0.472. The van der Waals surface area contributed by atoms with Crippen LogP contribution in [0.3, 0.4) is 0 Å². The fourth-order valence-electron chi connectivity index (χ4n) is 2.20. The Morgan fingerprint density at radius 1 is 1.05 bits per heavy atom. The molecule has 0 aromatic heterocycles. The molecule has 0 saturated carbocycles. The maximum absolute atomic E-state index is 11.7. The molecule has 0 radical (unpaired) electrons. The summed E-state index contributed by atoms with van der Waals surface area (Å²) in [5.41, 5.74) is 5.58. The first-order valence-corrected chi connectivity index (χ1v) is 7.86. The van der Waals surface area contributed by atoms with Crippen LogP contribution in [0.25, 0.3) is 0 Å². The number of nitrogens with one attached hydrogen (secondary N) is 2. The minimum atomic E-state index is -0.0701. The average molecular weight is 301 g/mol. The zero-order chi connectivity index (χ0) is 15.9. The molecule has 0 aromatic rings. The highest BCUT2D eigenvalue weighted by atomic mass is 16.5. The maximum atomic E-state index is 11.7. The Kier molecular flexibility index (Phi) is 13.1. The van der Waals surface area contributed by atoms with Crippen LogP contribution in [-0.4, -0.2) is 45.2 Å². The first-order chi connectivity index (χ1) is 10.1. The molecule has 0 saturated heterocycles. The fourth-order valence-corrected chi connectivity index (χ4v) is 2.20. The maximum Gasteiger partial charge on any atom is 0.221 e. The third kappa shape index (κ3) is 12.3. The summed E-state index contributed by atoms with van der Waals surface area (Å²) in [6.45, 7) is 4.20. The van der Waals surface area contributed by atoms with Crippen LogP contribution in [0.15, 0.2) is 0 Å². The normalized spacial score (nSPS) is 12.0. The molecule has 124 valence electrons. The second-order valence-corrected chi connectivity index (χ2v) is 5.21. The lowest BCUT2D eigenvalue weighted by Crippen LogP contribution is -2.32. The molecular formula is C15H31N3O3. The summed E-state index contributed by atoms with van der Waals surface area (Å²) in [5, 5.41) is 5.49. The Morgan fingerprint density at radius 3 is 2.33 bits per heavy atom. The lowest BCUT2D eigenvalue weighted by Gasteiger charge is -2.14. The smallest absolute Gasteiger partial charge is 0.221 e. The van der Waals surface area contributed by atoms with E-state index in [1.807, 2.05) is 0 Å². The molecule has 0 spiro atoms. The summed E-state index contributed by atoms with van der Waals surface area (Å²) in [6, 6.07) is 0. The van der Waals surface area contributed by atoms with Gasteiger partial charge in [-0.1, -0.05) is 19.8 Å². The van der Waals surface area contributed by atoms with Crippen LogP contribution in [0.5, 0.6) is 0 Å². The third-order valence-corrected chi connectivity index (χ3v) is 3.35. The quantitative estimate of drug-likeness (QED) is 0.439. The highest BCUT2D eigenvalue weighted by Crippen LogP contribution is 2.16. The number of amides is 2. The van der Waals surface area contributed by atoms with Crippen molar-refractivity contribution in [3.05, 3.63) is 0 Å². The Morgan fingerprint density at radius 2 is 1.71 bits per heavy atom. The van der Waals surface area contributed by atoms with E-state index in [0.717, 1.165) is 25.7 Å². The van der Waals surface area contributed by atoms with Crippen molar-refractivity contribution in [3.63, 3.8) is 0 Å². The molecule has 1 unspecified atom stereocenters. The summed E-state index contributed by atoms with van der Waals surface area (Å²) in [7, 11) is 1.59. The minimum Gasteiger partial charge on any atom is -0.383 e. The van der Waals surface area contributed by atoms with Crippen molar-refractivity contribution in [2.24, 2.45) is 11.7 Å². The molecule has 21 heavy (non-hydrogen) atoms. The molecule has 6 nitrogen and oxygen atoms in total. The fraction of sp³-hybridized carbons (Fsp3) is 0.867. The first kappa shape index (κ1) is 19.9. The molecule has 6 heteroatoms. The molecule has 0 heterocycles. The van der Waals surface area contributed by atoms with Crippen LogP contribution in [0.4, 0.5) is 0 Å². The Balaban J connectivity index is 3.67. The van der Waals surface area contributed by atoms with Gasteiger partial charge in [-0.15, -0.1) is 0 Å². The number of nitrogens with two attached hydrogens (primary N) is 1. The van der Waals surface area contributed by atoms with Crippen molar-refractivity contribution in [3.8, 4) is 0 Å². The van der Waals surface area contributed by atoms with Gasteiger partial charge in [0.1, 0.15) is 0 Å². The van der Waals surface area contributed by atoms with Gasteiger partial charge in [0, 0.05) is 33.0 Å². The molecule has 0 rings (SSSR count). The number of methoxy groups -OCH3 is 1. The zero-order valence-electron chi connectivity index (χ0n) is 13.5. The summed E-state index contributed by atoms with van der Waals surface area (Å²) >= 11 is 0. The van der Waals surface area contributed by atoms with E-state index in [1.165, 1.54) is 0 Å². The van der Waals surface area contributed by atoms with E-state index in [9.17, 15) is 9.59 Å². The lowest BCUT2D eigenvalue weighted by molar-refractivity contribution is -0.122. The van der Waals surface area contributed by atoms with E-state index in [-0.39, 0.29) is 11.8 Å². The van der Waals surface area contributed by atoms with E-state index in [4.69, 9.17) is 10.5 Å². The third-order valence-electron chi connectivity index (χ3n) is 3.35. The topological polar surface area (TPSA) is 93.5 Å². The largest absolute Gasteiger partial charge is 0.383 e. The Hall–Kier alpha value is -1.14. The molecule has 0 aliphatic heterocycles. The SMILES string of the molecule is CCCC(CCN)CCC(=O)NCCC(=O)NCCOC. The number of carbonyl (C=O) groups excluding carboxylic acids is 2. The van der Waals surface area contributed by atoms with Crippen LogP contribution in [0, 0.1) is 5.92 Å². The van der Waals surface area contributed by atoms with Crippen LogP contribution >= 0.6 is 0 Å². The summed E-state index contributed by atoms with van der Waals surface area (Å²) in [6.07, 6.45) is 4.90. The predicted octanol–water partition coefficient (Wildman–Crippen LogP) is 0.801. The number of ether oxygens (including phenoxy) is 1. The van der Waals surface area contributed by atoms with Crippen molar-refractivity contribution in [2.45, 2.75) is 45.4 Å². The number of rotatable bonds is 13. The van der Waals surface area contributed by atoms with Crippen LogP contribution < -0.4 is 16.4 Å². The average Bonchev–Trinajstić information content (AvgIpc) is 2.45. The van der Waals surface area contributed by atoms with Gasteiger partial charge in [-0.25, -0.2) is 0 Å². The second kappa shape index (κ2) is 13.8. The highest BCUT2D eigenvalue weighted by Gasteiger charge is 2.10. The van der Waals surface area contributed by atoms with Gasteiger partial charge in [-0.3, -0.25) is 9.59 Å². The first-order valence-electron chi connectivity index (χ1n) is 7.86. The molecule has 0 fully saturated rings. The number of hydrogen-bond donors (Lipinski definition) is 3. The highest BCUT2D eigenvalue weighted by molar-refractivity contribution is 5.78. The summed E-state index contributed by atoms with van der Waals surface area (Å²) < 4.78 is 4.84. The van der Waals surface area contributed by atoms with Crippen molar-refractivity contribution in [1.29, 1.82) is 0 Å². The standard InChI is InChI=1S/C15H31N3O3/c1-3-4-13(7-9-16)5-6-14(19)17-10-8-15(20)18-11-12-21-2/h13H,3-12,16H2,1-2H3,(H,17,19)(H,18,20). The van der Waals surface area contributed by atoms with Gasteiger partial charge >= 0.3 is 0 Å². The predicted molar refractivity (Wildman–Crippen MR) is 83.8 cm³/mol. The number of carbonyl (C=O) groups is 2. The van der Waals surface area contributed by atoms with Crippen LogP contribution in [0.2, 0.25) is 0 Å². The minimum absolute atomic E-state index is 0.0119. The lowest BCUT2D eigenvalue weighted by atomic mass is 9.94. The van der Waals surface area contributed by atoms with E-state index >= 15 is 0 Å². The van der Waals surface area contributed by atoms with Gasteiger partial charge in [0.15, 0.2) is 0 Å². The van der Waals surface area contributed by atoms with Crippen molar-refractivity contribution < 1.29 is 14.3 Å². The monoisotopic (exact) mass is 301 g/mol. The zero-order valence-corrected chi connectivity index (χ0v) is 13.5. The van der Waals surface area contributed by atoms with Crippen molar-refractivity contribution in [2.75, 3.05) is 33.4 Å². The van der Waals surface area contributed by atoms with E-state index in [0.29, 0.717) is 45.0 Å². The van der Waals surface area contributed by atoms with Crippen LogP contribution in [0.1, 0.15) is 45.4 Å². The number of hydrogen-bond acceptors (Lipinski definition) is 4. The van der Waals surface area contributed by atoms with Gasteiger partial charge in [0.25, 0.3) is 0 Å². The molecule has 0 aromatic carbocycles. The molecule has 1 atom stereocenters. The molecule has 0 bridgehead atoms. The molecular weight excluding hydrogens is 270 g/mol. The molecule has 4 N–H and O–H groups in total. The Labute approximate surface area is 128 Å². The van der Waals surface area contributed by atoms with E-state index < -0.39 is 0 Å². The van der Waals surface area contributed by atoms with Crippen molar-refractivity contribution >= 4 is 11.8 Å². The van der Waals surface area contributed by atoms with Gasteiger partial charge in [0.05, 0.1) is 6.61 Å². The summed E-state index contributed by atoms with van der Waals surface area (Å²) in [4.78, 5) is 23.1. The van der Waals surface area contributed by atoms with Gasteiger partial charge in [-0.05, 0) is 25.3 Å². The molecule has 0 aliphatic carbocycles. The van der Waals surface area contributed by atoms with E-state index in [2.05, 4.69) is 17.6 Å². The Bertz CT molecular complexity index is 279.